The van der Waals surface area contributed by atoms with E-state index in [0.29, 0.717) is 12.3 Å². The number of hydrogen-bond donors (Lipinski definition) is 2. The first kappa shape index (κ1) is 16.8. The van der Waals surface area contributed by atoms with E-state index in [0.717, 1.165) is 43.0 Å². The predicted molar refractivity (Wildman–Crippen MR) is 90.4 cm³/mol. The van der Waals surface area contributed by atoms with Crippen LogP contribution in [-0.2, 0) is 9.63 Å². The Morgan fingerprint density at radius 1 is 1.38 bits per heavy atom. The molecule has 2 unspecified atom stereocenters. The molecule has 2 heterocycles. The molecular weight excluding hydrogens is 308 g/mol. The fourth-order valence-electron chi connectivity index (χ4n) is 3.25. The summed E-state index contributed by atoms with van der Waals surface area (Å²) in [6.45, 7) is 4.26. The van der Waals surface area contributed by atoms with E-state index in [-0.39, 0.29) is 18.6 Å². The number of nitrogens with one attached hydrogen (secondary N) is 1. The highest BCUT2D eigenvalue weighted by Gasteiger charge is 2.25. The van der Waals surface area contributed by atoms with E-state index < -0.39 is 5.97 Å². The Balaban J connectivity index is 1.55. The molecule has 3 rings (SSSR count). The number of ether oxygens (including phenoxy) is 1. The Labute approximate surface area is 141 Å². The quantitative estimate of drug-likeness (QED) is 0.836. The zero-order valence-electron chi connectivity index (χ0n) is 13.9. The molecule has 2 N–H and O–H groups in total. The minimum absolute atomic E-state index is 0.0258. The Morgan fingerprint density at radius 2 is 2.08 bits per heavy atom. The standard InChI is InChI=1S/C18H24N2O4/c1-12(13-6-8-19-9-7-13)23-15-4-2-14(3-5-15)17-10-16(24-20-17)11-18(21)22/h2-5,12-13,16,19H,6-11H2,1H3,(H,21,22). The van der Waals surface area contributed by atoms with Gasteiger partial charge in [0.1, 0.15) is 11.9 Å². The van der Waals surface area contributed by atoms with Gasteiger partial charge in [-0.05, 0) is 68.6 Å². The van der Waals surface area contributed by atoms with Crippen LogP contribution < -0.4 is 10.1 Å². The summed E-state index contributed by atoms with van der Waals surface area (Å²) in [6.07, 6.45) is 2.63. The lowest BCUT2D eigenvalue weighted by Gasteiger charge is -2.28. The van der Waals surface area contributed by atoms with Crippen LogP contribution in [0.3, 0.4) is 0 Å². The normalized spacial score (nSPS) is 22.5. The lowest BCUT2D eigenvalue weighted by atomic mass is 9.93. The van der Waals surface area contributed by atoms with Crippen molar-refractivity contribution in [1.82, 2.24) is 5.32 Å². The van der Waals surface area contributed by atoms with Gasteiger partial charge in [-0.25, -0.2) is 0 Å². The van der Waals surface area contributed by atoms with E-state index in [1.165, 1.54) is 0 Å². The smallest absolute Gasteiger partial charge is 0.307 e. The van der Waals surface area contributed by atoms with Gasteiger partial charge in [0, 0.05) is 6.42 Å². The van der Waals surface area contributed by atoms with Crippen LogP contribution in [-0.4, -0.2) is 42.1 Å². The maximum atomic E-state index is 10.7. The fourth-order valence-corrected chi connectivity index (χ4v) is 3.25. The van der Waals surface area contributed by atoms with E-state index >= 15 is 0 Å². The highest BCUT2D eigenvalue weighted by atomic mass is 16.6. The molecular formula is C18H24N2O4. The molecule has 6 nitrogen and oxygen atoms in total. The summed E-state index contributed by atoms with van der Waals surface area (Å²) >= 11 is 0. The molecule has 2 atom stereocenters. The summed E-state index contributed by atoms with van der Waals surface area (Å²) in [5, 5.41) is 16.2. The van der Waals surface area contributed by atoms with Gasteiger partial charge in [-0.15, -0.1) is 0 Å². The van der Waals surface area contributed by atoms with Crippen molar-refractivity contribution in [2.75, 3.05) is 13.1 Å². The number of aliphatic carboxylic acids is 1. The molecule has 24 heavy (non-hydrogen) atoms. The summed E-state index contributed by atoms with van der Waals surface area (Å²) in [5.74, 6) is 0.578. The molecule has 130 valence electrons. The number of carboxylic acids is 1. The van der Waals surface area contributed by atoms with Gasteiger partial charge in [0.05, 0.1) is 18.2 Å². The maximum absolute atomic E-state index is 10.7. The van der Waals surface area contributed by atoms with Gasteiger partial charge in [0.25, 0.3) is 0 Å². The first-order chi connectivity index (χ1) is 11.6. The SMILES string of the molecule is CC(Oc1ccc(C2=NOC(CC(=O)O)C2)cc1)C1CCNCC1. The molecule has 1 saturated heterocycles. The zero-order chi connectivity index (χ0) is 16.9. The average Bonchev–Trinajstić information content (AvgIpc) is 3.04. The van der Waals surface area contributed by atoms with E-state index in [1.54, 1.807) is 0 Å². The van der Waals surface area contributed by atoms with Gasteiger partial charge in [-0.1, -0.05) is 5.16 Å². The Morgan fingerprint density at radius 3 is 2.75 bits per heavy atom. The van der Waals surface area contributed by atoms with E-state index in [4.69, 9.17) is 14.7 Å². The molecule has 2 aliphatic rings. The molecule has 2 aliphatic heterocycles. The van der Waals surface area contributed by atoms with E-state index in [9.17, 15) is 4.79 Å². The van der Waals surface area contributed by atoms with Crippen LogP contribution in [0.25, 0.3) is 0 Å². The largest absolute Gasteiger partial charge is 0.490 e. The van der Waals surface area contributed by atoms with Crippen LogP contribution in [0.15, 0.2) is 29.4 Å². The molecule has 0 radical (unpaired) electrons. The van der Waals surface area contributed by atoms with Gasteiger partial charge >= 0.3 is 5.97 Å². The molecule has 0 amide bonds. The Kier molecular flexibility index (Phi) is 5.35. The third-order valence-corrected chi connectivity index (χ3v) is 4.69. The number of oxime groups is 1. The molecule has 1 fully saturated rings. The third-order valence-electron chi connectivity index (χ3n) is 4.69. The maximum Gasteiger partial charge on any atom is 0.307 e. The van der Waals surface area contributed by atoms with Crippen molar-refractivity contribution in [2.45, 2.75) is 44.8 Å². The minimum atomic E-state index is -0.868. The van der Waals surface area contributed by atoms with Crippen molar-refractivity contribution in [3.8, 4) is 5.75 Å². The first-order valence-corrected chi connectivity index (χ1v) is 8.54. The molecule has 1 aromatic rings. The van der Waals surface area contributed by atoms with Crippen LogP contribution in [0.4, 0.5) is 0 Å². The van der Waals surface area contributed by atoms with Crippen molar-refractivity contribution in [3.05, 3.63) is 29.8 Å². The van der Waals surface area contributed by atoms with Crippen molar-refractivity contribution in [3.63, 3.8) is 0 Å². The van der Waals surface area contributed by atoms with Gasteiger partial charge in [-0.2, -0.15) is 0 Å². The summed E-state index contributed by atoms with van der Waals surface area (Å²) in [4.78, 5) is 15.9. The topological polar surface area (TPSA) is 80.2 Å². The van der Waals surface area contributed by atoms with Gasteiger partial charge in [0.2, 0.25) is 0 Å². The molecule has 0 aliphatic carbocycles. The lowest BCUT2D eigenvalue weighted by Crippen LogP contribution is -2.35. The number of nitrogens with zero attached hydrogens (tertiary/aromatic N) is 1. The van der Waals surface area contributed by atoms with Crippen molar-refractivity contribution >= 4 is 11.7 Å². The van der Waals surface area contributed by atoms with Crippen LogP contribution in [0.5, 0.6) is 5.75 Å². The van der Waals surface area contributed by atoms with Crippen LogP contribution >= 0.6 is 0 Å². The average molecular weight is 332 g/mol. The van der Waals surface area contributed by atoms with Crippen LogP contribution in [0, 0.1) is 5.92 Å². The predicted octanol–water partition coefficient (Wildman–Crippen LogP) is 2.42. The van der Waals surface area contributed by atoms with E-state index in [1.807, 2.05) is 24.3 Å². The number of hydrogen-bond acceptors (Lipinski definition) is 5. The number of benzene rings is 1. The number of piperidine rings is 1. The molecule has 6 heteroatoms. The van der Waals surface area contributed by atoms with Crippen molar-refractivity contribution in [2.24, 2.45) is 11.1 Å². The minimum Gasteiger partial charge on any atom is -0.490 e. The summed E-state index contributed by atoms with van der Waals surface area (Å²) in [6, 6.07) is 7.80. The number of carbonyl (C=O) groups is 1. The Hall–Kier alpha value is -2.08. The van der Waals surface area contributed by atoms with Crippen LogP contribution in [0.2, 0.25) is 0 Å². The molecule has 0 bridgehead atoms. The lowest BCUT2D eigenvalue weighted by molar-refractivity contribution is -0.139. The summed E-state index contributed by atoms with van der Waals surface area (Å²) in [7, 11) is 0. The van der Waals surface area contributed by atoms with Gasteiger partial charge in [-0.3, -0.25) is 4.79 Å². The highest BCUT2D eigenvalue weighted by molar-refractivity contribution is 6.01. The molecule has 0 spiro atoms. The van der Waals surface area contributed by atoms with Gasteiger partial charge in [0.15, 0.2) is 0 Å². The second-order valence-corrected chi connectivity index (χ2v) is 6.50. The number of carboxylic acid groups (broad SMARTS) is 1. The third kappa shape index (κ3) is 4.26. The molecule has 0 saturated carbocycles. The second-order valence-electron chi connectivity index (χ2n) is 6.50. The first-order valence-electron chi connectivity index (χ1n) is 8.54. The summed E-state index contributed by atoms with van der Waals surface area (Å²) < 4.78 is 6.07. The highest BCUT2D eigenvalue weighted by Crippen LogP contribution is 2.24. The van der Waals surface area contributed by atoms with Crippen molar-refractivity contribution < 1.29 is 19.5 Å². The molecule has 0 aromatic heterocycles. The fraction of sp³-hybridized carbons (Fsp3) is 0.556. The van der Waals surface area contributed by atoms with E-state index in [2.05, 4.69) is 17.4 Å². The van der Waals surface area contributed by atoms with Crippen LogP contribution in [0.1, 0.15) is 38.2 Å². The number of rotatable bonds is 6. The monoisotopic (exact) mass is 332 g/mol. The van der Waals surface area contributed by atoms with Crippen molar-refractivity contribution in [1.29, 1.82) is 0 Å². The van der Waals surface area contributed by atoms with Gasteiger partial charge < -0.3 is 20.0 Å². The second kappa shape index (κ2) is 7.66. The zero-order valence-corrected chi connectivity index (χ0v) is 13.9. The molecule has 1 aromatic carbocycles. The summed E-state index contributed by atoms with van der Waals surface area (Å²) in [5.41, 5.74) is 1.74. The Bertz CT molecular complexity index is 594.